The highest BCUT2D eigenvalue weighted by molar-refractivity contribution is 6.19. The van der Waals surface area contributed by atoms with Crippen molar-refractivity contribution in [3.8, 4) is 39.9 Å². The van der Waals surface area contributed by atoms with Crippen LogP contribution in [-0.2, 0) is 6.42 Å². The van der Waals surface area contributed by atoms with Crippen molar-refractivity contribution in [2.24, 2.45) is 5.92 Å². The molecule has 7 nitrogen and oxygen atoms in total. The van der Waals surface area contributed by atoms with Crippen LogP contribution in [0.15, 0.2) is 177 Å². The van der Waals surface area contributed by atoms with E-state index in [2.05, 4.69) is 133 Å². The molecule has 0 N–H and O–H groups in total. The van der Waals surface area contributed by atoms with Gasteiger partial charge in [-0.25, -0.2) is 4.98 Å². The fraction of sp³-hybridized carbons (Fsp3) is 0.0536. The molecule has 5 aromatic heterocycles. The highest BCUT2D eigenvalue weighted by Crippen LogP contribution is 2.43. The van der Waals surface area contributed by atoms with E-state index in [0.29, 0.717) is 23.5 Å². The second-order valence-electron chi connectivity index (χ2n) is 16.8. The lowest BCUT2D eigenvalue weighted by atomic mass is 9.92. The molecule has 5 heterocycles. The number of para-hydroxylation sites is 3. The van der Waals surface area contributed by atoms with E-state index in [1.165, 1.54) is 21.7 Å². The number of furan rings is 3. The number of aromatic nitrogens is 4. The van der Waals surface area contributed by atoms with E-state index in [1.807, 2.05) is 48.5 Å². The molecule has 7 heteroatoms. The van der Waals surface area contributed by atoms with Gasteiger partial charge in [0, 0.05) is 54.4 Å². The van der Waals surface area contributed by atoms with Crippen LogP contribution in [0.5, 0.6) is 0 Å². The summed E-state index contributed by atoms with van der Waals surface area (Å²) in [6.07, 6.45) is 5.43. The maximum Gasteiger partial charge on any atom is 0.238 e. The predicted molar refractivity (Wildman–Crippen MR) is 254 cm³/mol. The van der Waals surface area contributed by atoms with Crippen LogP contribution in [0.2, 0.25) is 0 Å². The van der Waals surface area contributed by atoms with Gasteiger partial charge in [-0.3, -0.25) is 4.57 Å². The highest BCUT2D eigenvalue weighted by Gasteiger charge is 2.26. The summed E-state index contributed by atoms with van der Waals surface area (Å²) in [6.45, 7) is 2.27. The Morgan fingerprint density at radius 3 is 1.79 bits per heavy atom. The number of nitrogens with zero attached hydrogens (tertiary/aromatic N) is 4. The number of fused-ring (bicyclic) bond motifs is 14. The van der Waals surface area contributed by atoms with Gasteiger partial charge < -0.3 is 13.3 Å². The molecular formula is C56H34N4O3. The summed E-state index contributed by atoms with van der Waals surface area (Å²) in [5.74, 6) is 1.99. The van der Waals surface area contributed by atoms with Gasteiger partial charge >= 0.3 is 0 Å². The summed E-state index contributed by atoms with van der Waals surface area (Å²) in [5.41, 5.74) is 12.2. The summed E-state index contributed by atoms with van der Waals surface area (Å²) in [5, 5.41) is 9.98. The first kappa shape index (κ1) is 34.4. The van der Waals surface area contributed by atoms with Crippen LogP contribution < -0.4 is 0 Å². The molecule has 0 fully saturated rings. The van der Waals surface area contributed by atoms with E-state index in [-0.39, 0.29) is 0 Å². The maximum atomic E-state index is 6.45. The standard InChI is InChI=1S/C56H34N4O3/c1-31-17-24-45-43(27-31)42-14-8-13-37(33-21-25-48-44(28-33)52-36-10-3-2-9-32(36)20-26-49(52)61-48)53(42)60(45)56-58-54(34-18-22-40-38-11-4-6-15-46(38)62-50(40)29-34)57-55(59-56)35-19-23-41-39-12-5-7-16-47(39)63-51(41)30-35/h2-26,28-31H,27H2,1H3. The average Bonchev–Trinajstić information content (AvgIpc) is 4.09. The first-order valence-electron chi connectivity index (χ1n) is 21.4. The molecule has 1 unspecified atom stereocenters. The van der Waals surface area contributed by atoms with Gasteiger partial charge in [-0.1, -0.05) is 116 Å². The third-order valence-electron chi connectivity index (χ3n) is 13.0. The van der Waals surface area contributed by atoms with Gasteiger partial charge in [0.2, 0.25) is 5.95 Å². The minimum absolute atomic E-state index is 0.373. The van der Waals surface area contributed by atoms with Gasteiger partial charge in [-0.15, -0.1) is 0 Å². The van der Waals surface area contributed by atoms with Crippen molar-refractivity contribution >= 4 is 93.6 Å². The molecule has 1 aliphatic carbocycles. The van der Waals surface area contributed by atoms with Crippen LogP contribution in [0.1, 0.15) is 18.2 Å². The van der Waals surface area contributed by atoms with E-state index in [1.54, 1.807) is 0 Å². The average molecular weight is 811 g/mol. The van der Waals surface area contributed by atoms with E-state index in [4.69, 9.17) is 28.2 Å². The molecule has 0 amide bonds. The molecule has 0 radical (unpaired) electrons. The highest BCUT2D eigenvalue weighted by atomic mass is 16.3. The minimum Gasteiger partial charge on any atom is -0.456 e. The Balaban J connectivity index is 1.04. The third-order valence-corrected chi connectivity index (χ3v) is 13.0. The Morgan fingerprint density at radius 1 is 0.476 bits per heavy atom. The molecular weight excluding hydrogens is 777 g/mol. The largest absolute Gasteiger partial charge is 0.456 e. The number of benzene rings is 8. The second kappa shape index (κ2) is 12.9. The van der Waals surface area contributed by atoms with Crippen LogP contribution in [0, 0.1) is 5.92 Å². The van der Waals surface area contributed by atoms with Crippen molar-refractivity contribution in [3.63, 3.8) is 0 Å². The maximum absolute atomic E-state index is 6.45. The molecule has 0 saturated heterocycles. The lowest BCUT2D eigenvalue weighted by Gasteiger charge is -2.16. The van der Waals surface area contributed by atoms with Crippen LogP contribution in [0.3, 0.4) is 0 Å². The molecule has 0 bridgehead atoms. The summed E-state index contributed by atoms with van der Waals surface area (Å²) < 4.78 is 21.5. The van der Waals surface area contributed by atoms with Crippen molar-refractivity contribution < 1.29 is 13.3 Å². The Bertz CT molecular complexity index is 3970. The summed E-state index contributed by atoms with van der Waals surface area (Å²) in [6, 6.07) is 54.7. The molecule has 0 spiro atoms. The molecule has 1 atom stereocenters. The zero-order chi connectivity index (χ0) is 41.3. The van der Waals surface area contributed by atoms with Gasteiger partial charge in [0.15, 0.2) is 11.6 Å². The van der Waals surface area contributed by atoms with Crippen molar-refractivity contribution in [2.45, 2.75) is 13.3 Å². The Kier molecular flexibility index (Phi) is 7.03. The molecule has 14 rings (SSSR count). The topological polar surface area (TPSA) is 83.0 Å². The smallest absolute Gasteiger partial charge is 0.238 e. The van der Waals surface area contributed by atoms with Crippen molar-refractivity contribution in [2.75, 3.05) is 0 Å². The minimum atomic E-state index is 0.373. The van der Waals surface area contributed by atoms with Crippen LogP contribution in [-0.4, -0.2) is 19.5 Å². The summed E-state index contributed by atoms with van der Waals surface area (Å²) >= 11 is 0. The lowest BCUT2D eigenvalue weighted by Crippen LogP contribution is -2.10. The van der Waals surface area contributed by atoms with Crippen LogP contribution >= 0.6 is 0 Å². The SMILES string of the molecule is CC1C=Cc2c(c3cccc(-c4ccc5oc6ccc7ccccc7c6c5c4)c3n2-c2nc(-c3ccc4c(c3)oc3ccccc34)nc(-c3ccc4c(c3)oc3ccccc34)n2)C1. The molecule has 0 saturated carbocycles. The molecule has 0 aliphatic heterocycles. The Morgan fingerprint density at radius 2 is 1.06 bits per heavy atom. The number of rotatable bonds is 4. The first-order valence-corrected chi connectivity index (χ1v) is 21.4. The van der Waals surface area contributed by atoms with Crippen molar-refractivity contribution in [1.82, 2.24) is 19.5 Å². The third kappa shape index (κ3) is 5.11. The van der Waals surface area contributed by atoms with E-state index < -0.39 is 0 Å². The fourth-order valence-corrected chi connectivity index (χ4v) is 10.1. The lowest BCUT2D eigenvalue weighted by molar-refractivity contribution is 0.668. The molecule has 63 heavy (non-hydrogen) atoms. The van der Waals surface area contributed by atoms with Gasteiger partial charge in [0.05, 0.1) is 11.2 Å². The zero-order valence-corrected chi connectivity index (χ0v) is 34.0. The Hall–Kier alpha value is -8.29. The fourth-order valence-electron chi connectivity index (χ4n) is 10.1. The molecule has 296 valence electrons. The first-order chi connectivity index (χ1) is 31.1. The molecule has 8 aromatic carbocycles. The second-order valence-corrected chi connectivity index (χ2v) is 16.8. The quantitative estimate of drug-likeness (QED) is 0.176. The number of hydrogen-bond donors (Lipinski definition) is 0. The van der Waals surface area contributed by atoms with Crippen molar-refractivity contribution in [3.05, 3.63) is 175 Å². The predicted octanol–water partition coefficient (Wildman–Crippen LogP) is 14.9. The normalized spacial score (nSPS) is 14.1. The van der Waals surface area contributed by atoms with E-state index in [9.17, 15) is 0 Å². The van der Waals surface area contributed by atoms with E-state index >= 15 is 0 Å². The molecule has 13 aromatic rings. The van der Waals surface area contributed by atoms with E-state index in [0.717, 1.165) is 106 Å². The summed E-state index contributed by atoms with van der Waals surface area (Å²) in [7, 11) is 0. The van der Waals surface area contributed by atoms with Crippen molar-refractivity contribution in [1.29, 1.82) is 0 Å². The van der Waals surface area contributed by atoms with Gasteiger partial charge in [0.1, 0.15) is 33.5 Å². The molecule has 1 aliphatic rings. The van der Waals surface area contributed by atoms with Crippen LogP contribution in [0.25, 0.3) is 133 Å². The van der Waals surface area contributed by atoms with Gasteiger partial charge in [-0.2, -0.15) is 9.97 Å². The number of allylic oxidation sites excluding steroid dienone is 1. The number of hydrogen-bond acceptors (Lipinski definition) is 6. The van der Waals surface area contributed by atoms with Gasteiger partial charge in [0.25, 0.3) is 0 Å². The summed E-state index contributed by atoms with van der Waals surface area (Å²) in [4.78, 5) is 16.0. The monoisotopic (exact) mass is 810 g/mol. The van der Waals surface area contributed by atoms with Crippen LogP contribution in [0.4, 0.5) is 0 Å². The Labute approximate surface area is 359 Å². The zero-order valence-electron chi connectivity index (χ0n) is 34.0. The van der Waals surface area contributed by atoms with Gasteiger partial charge in [-0.05, 0) is 94.9 Å².